The van der Waals surface area contributed by atoms with Crippen molar-refractivity contribution in [3.05, 3.63) is 0 Å². The summed E-state index contributed by atoms with van der Waals surface area (Å²) in [6.45, 7) is 8.88. The molecule has 0 aromatic carbocycles. The Bertz CT molecular complexity index is 255. The summed E-state index contributed by atoms with van der Waals surface area (Å²) in [6, 6.07) is 0.675. The van der Waals surface area contributed by atoms with Crippen LogP contribution in [0.4, 0.5) is 0 Å². The highest BCUT2D eigenvalue weighted by Gasteiger charge is 2.50. The number of hydrogen-bond acceptors (Lipinski definition) is 3. The van der Waals surface area contributed by atoms with E-state index in [0.29, 0.717) is 17.6 Å². The third-order valence-electron chi connectivity index (χ3n) is 5.10. The van der Waals surface area contributed by atoms with Crippen LogP contribution in [0.25, 0.3) is 0 Å². The van der Waals surface area contributed by atoms with Gasteiger partial charge in [0, 0.05) is 18.1 Å². The van der Waals surface area contributed by atoms with E-state index in [-0.39, 0.29) is 0 Å². The number of rotatable bonds is 6. The molecule has 1 N–H and O–H groups in total. The molecule has 2 aliphatic rings. The predicted molar refractivity (Wildman–Crippen MR) is 80.3 cm³/mol. The third kappa shape index (κ3) is 3.05. The largest absolute Gasteiger partial charge is 0.378 e. The summed E-state index contributed by atoms with van der Waals surface area (Å²) in [5.41, 5.74) is 0.361. The summed E-state index contributed by atoms with van der Waals surface area (Å²) in [6.07, 6.45) is 5.71. The van der Waals surface area contributed by atoms with Crippen LogP contribution >= 0.6 is 11.8 Å². The minimum absolute atomic E-state index is 0.361. The highest BCUT2D eigenvalue weighted by molar-refractivity contribution is 7.99. The molecule has 3 unspecified atom stereocenters. The molecule has 2 rings (SSSR count). The first-order valence-corrected chi connectivity index (χ1v) is 8.79. The van der Waals surface area contributed by atoms with Crippen molar-refractivity contribution in [2.75, 3.05) is 24.7 Å². The van der Waals surface area contributed by atoms with Gasteiger partial charge in [0.2, 0.25) is 0 Å². The molecule has 106 valence electrons. The number of nitrogens with one attached hydrogen (secondary N) is 1. The lowest BCUT2D eigenvalue weighted by molar-refractivity contribution is -0.126. The van der Waals surface area contributed by atoms with Crippen molar-refractivity contribution in [1.82, 2.24) is 5.32 Å². The summed E-state index contributed by atoms with van der Waals surface area (Å²) in [7, 11) is 0. The molecular weight excluding hydrogens is 242 g/mol. The minimum Gasteiger partial charge on any atom is -0.378 e. The summed E-state index contributed by atoms with van der Waals surface area (Å²) < 4.78 is 5.86. The van der Waals surface area contributed by atoms with Gasteiger partial charge in [0.25, 0.3) is 0 Å². The second kappa shape index (κ2) is 6.62. The van der Waals surface area contributed by atoms with Crippen LogP contribution in [0.3, 0.4) is 0 Å². The van der Waals surface area contributed by atoms with Gasteiger partial charge in [0.1, 0.15) is 0 Å². The maximum absolute atomic E-state index is 5.86. The van der Waals surface area contributed by atoms with Crippen molar-refractivity contribution >= 4 is 11.8 Å². The Labute approximate surface area is 117 Å². The molecule has 1 heterocycles. The monoisotopic (exact) mass is 271 g/mol. The molecule has 18 heavy (non-hydrogen) atoms. The summed E-state index contributed by atoms with van der Waals surface area (Å²) in [5, 5.41) is 3.83. The van der Waals surface area contributed by atoms with Crippen molar-refractivity contribution in [2.24, 2.45) is 11.3 Å². The normalized spacial score (nSPS) is 37.5. The maximum atomic E-state index is 5.86. The van der Waals surface area contributed by atoms with E-state index in [4.69, 9.17) is 4.74 Å². The van der Waals surface area contributed by atoms with Crippen molar-refractivity contribution in [2.45, 2.75) is 58.6 Å². The lowest BCUT2D eigenvalue weighted by Crippen LogP contribution is -2.62. The van der Waals surface area contributed by atoms with Gasteiger partial charge in [0.15, 0.2) is 0 Å². The van der Waals surface area contributed by atoms with Gasteiger partial charge in [0.05, 0.1) is 6.10 Å². The quantitative estimate of drug-likeness (QED) is 0.801. The fourth-order valence-corrected chi connectivity index (χ4v) is 4.53. The van der Waals surface area contributed by atoms with Crippen LogP contribution < -0.4 is 5.32 Å². The lowest BCUT2D eigenvalue weighted by atomic mass is 9.61. The standard InChI is InChI=1S/C15H29NOS/c1-4-15(3)13(10-14(15)17-5-2)16-11-12-6-8-18-9-7-12/h12-14,16H,4-11H2,1-3H3. The fourth-order valence-electron chi connectivity index (χ4n) is 3.33. The molecule has 0 radical (unpaired) electrons. The topological polar surface area (TPSA) is 21.3 Å². The van der Waals surface area contributed by atoms with Crippen LogP contribution in [-0.2, 0) is 4.74 Å². The van der Waals surface area contributed by atoms with Crippen LogP contribution in [0.15, 0.2) is 0 Å². The van der Waals surface area contributed by atoms with Gasteiger partial charge in [-0.25, -0.2) is 0 Å². The lowest BCUT2D eigenvalue weighted by Gasteiger charge is -2.54. The molecule has 1 saturated carbocycles. The van der Waals surface area contributed by atoms with E-state index in [0.717, 1.165) is 12.5 Å². The van der Waals surface area contributed by atoms with E-state index in [9.17, 15) is 0 Å². The van der Waals surface area contributed by atoms with Crippen LogP contribution in [-0.4, -0.2) is 36.8 Å². The molecule has 2 nitrogen and oxygen atoms in total. The molecule has 1 aliphatic heterocycles. The van der Waals surface area contributed by atoms with Crippen LogP contribution in [0, 0.1) is 11.3 Å². The zero-order chi connectivity index (χ0) is 13.0. The van der Waals surface area contributed by atoms with Crippen molar-refractivity contribution in [1.29, 1.82) is 0 Å². The second-order valence-electron chi connectivity index (χ2n) is 6.06. The molecule has 0 aromatic heterocycles. The van der Waals surface area contributed by atoms with Gasteiger partial charge < -0.3 is 10.1 Å². The smallest absolute Gasteiger partial charge is 0.0658 e. The Balaban J connectivity index is 1.76. The van der Waals surface area contributed by atoms with Gasteiger partial charge in [-0.2, -0.15) is 11.8 Å². The second-order valence-corrected chi connectivity index (χ2v) is 7.28. The maximum Gasteiger partial charge on any atom is 0.0658 e. The van der Waals surface area contributed by atoms with E-state index in [2.05, 4.69) is 37.8 Å². The average molecular weight is 271 g/mol. The molecule has 0 amide bonds. The van der Waals surface area contributed by atoms with Crippen LogP contribution in [0.5, 0.6) is 0 Å². The first kappa shape index (κ1) is 14.7. The predicted octanol–water partition coefficient (Wildman–Crippen LogP) is 3.31. The summed E-state index contributed by atoms with van der Waals surface area (Å²) >= 11 is 2.12. The Hall–Kier alpha value is 0.270. The van der Waals surface area contributed by atoms with E-state index < -0.39 is 0 Å². The molecule has 1 saturated heterocycles. The fraction of sp³-hybridized carbons (Fsp3) is 1.00. The molecule has 2 fully saturated rings. The van der Waals surface area contributed by atoms with Crippen molar-refractivity contribution < 1.29 is 4.74 Å². The first-order chi connectivity index (χ1) is 8.70. The Kier molecular flexibility index (Phi) is 5.40. The zero-order valence-electron chi connectivity index (χ0n) is 12.2. The van der Waals surface area contributed by atoms with Crippen molar-refractivity contribution in [3.8, 4) is 0 Å². The number of hydrogen-bond donors (Lipinski definition) is 1. The van der Waals surface area contributed by atoms with Crippen molar-refractivity contribution in [3.63, 3.8) is 0 Å². The zero-order valence-corrected chi connectivity index (χ0v) is 13.0. The first-order valence-electron chi connectivity index (χ1n) is 7.63. The highest BCUT2D eigenvalue weighted by Crippen LogP contribution is 2.46. The minimum atomic E-state index is 0.361. The Morgan fingerprint density at radius 2 is 2.00 bits per heavy atom. The molecule has 0 spiro atoms. The molecule has 3 heteroatoms. The van der Waals surface area contributed by atoms with E-state index in [1.54, 1.807) is 0 Å². The van der Waals surface area contributed by atoms with E-state index >= 15 is 0 Å². The van der Waals surface area contributed by atoms with Gasteiger partial charge in [-0.15, -0.1) is 0 Å². The number of ether oxygens (including phenoxy) is 1. The van der Waals surface area contributed by atoms with E-state index in [1.165, 1.54) is 43.7 Å². The SMILES string of the molecule is CCOC1CC(NCC2CCSCC2)C1(C)CC. The molecule has 0 bridgehead atoms. The Morgan fingerprint density at radius 1 is 1.28 bits per heavy atom. The Morgan fingerprint density at radius 3 is 2.61 bits per heavy atom. The molecule has 1 aliphatic carbocycles. The van der Waals surface area contributed by atoms with Crippen LogP contribution in [0.1, 0.15) is 46.5 Å². The number of thioether (sulfide) groups is 1. The van der Waals surface area contributed by atoms with Gasteiger partial charge >= 0.3 is 0 Å². The molecule has 3 atom stereocenters. The third-order valence-corrected chi connectivity index (χ3v) is 6.15. The van der Waals surface area contributed by atoms with Gasteiger partial charge in [-0.05, 0) is 56.6 Å². The molecule has 0 aromatic rings. The van der Waals surface area contributed by atoms with Gasteiger partial charge in [-0.1, -0.05) is 13.8 Å². The average Bonchev–Trinajstić information content (AvgIpc) is 2.42. The van der Waals surface area contributed by atoms with E-state index in [1.807, 2.05) is 0 Å². The summed E-state index contributed by atoms with van der Waals surface area (Å²) in [5.74, 6) is 3.64. The van der Waals surface area contributed by atoms with Crippen LogP contribution in [0.2, 0.25) is 0 Å². The molecular formula is C15H29NOS. The summed E-state index contributed by atoms with van der Waals surface area (Å²) in [4.78, 5) is 0. The van der Waals surface area contributed by atoms with Gasteiger partial charge in [-0.3, -0.25) is 0 Å². The highest BCUT2D eigenvalue weighted by atomic mass is 32.2.